The first-order chi connectivity index (χ1) is 4.93. The van der Waals surface area contributed by atoms with E-state index >= 15 is 0 Å². The van der Waals surface area contributed by atoms with Crippen molar-refractivity contribution in [1.82, 2.24) is 0 Å². The van der Waals surface area contributed by atoms with Gasteiger partial charge in [-0.2, -0.15) is 0 Å². The van der Waals surface area contributed by atoms with Crippen LogP contribution in [0.25, 0.3) is 0 Å². The van der Waals surface area contributed by atoms with E-state index in [0.717, 1.165) is 0 Å². The molecule has 1 rings (SSSR count). The molecule has 66 valence electrons. The lowest BCUT2D eigenvalue weighted by atomic mass is 10.1. The van der Waals surface area contributed by atoms with Gasteiger partial charge in [0.2, 0.25) is 0 Å². The van der Waals surface area contributed by atoms with Gasteiger partial charge in [-0.1, -0.05) is 30.7 Å². The first-order valence-electron chi connectivity index (χ1n) is 3.49. The number of rotatable bonds is 1. The lowest BCUT2D eigenvalue weighted by Gasteiger charge is -2.01. The van der Waals surface area contributed by atoms with Gasteiger partial charge in [-0.15, -0.1) is 0 Å². The molecule has 0 saturated heterocycles. The smallest absolute Gasteiger partial charge is 0.0310 e. The van der Waals surface area contributed by atoms with Gasteiger partial charge in [0.05, 0.1) is 0 Å². The largest absolute Gasteiger partial charge is 0.412 e. The predicted molar refractivity (Wildman–Crippen MR) is 45.6 cm³/mol. The number of allylic oxidation sites excluding steroid dienone is 4. The van der Waals surface area contributed by atoms with Crippen LogP contribution in [0.15, 0.2) is 23.8 Å². The van der Waals surface area contributed by atoms with E-state index in [-0.39, 0.29) is 5.48 Å². The van der Waals surface area contributed by atoms with Gasteiger partial charge < -0.3 is 5.48 Å². The highest BCUT2D eigenvalue weighted by Gasteiger charge is 1.90. The monoisotopic (exact) mass is 160 g/mol. The first kappa shape index (κ1) is 13.0. The van der Waals surface area contributed by atoms with Crippen LogP contribution in [0, 0.1) is 0 Å². The normalized spacial score (nSPS) is 13.9. The Bertz CT molecular complexity index is 127. The average molecular weight is 160 g/mol. The van der Waals surface area contributed by atoms with E-state index in [9.17, 15) is 0 Å². The molecule has 0 aromatic rings. The molecule has 0 saturated carbocycles. The van der Waals surface area contributed by atoms with Crippen molar-refractivity contribution in [2.24, 2.45) is 0 Å². The van der Waals surface area contributed by atoms with Crippen LogP contribution in [0.5, 0.6) is 0 Å². The van der Waals surface area contributed by atoms with Crippen LogP contribution in [-0.4, -0.2) is 16.0 Å². The van der Waals surface area contributed by atoms with Crippen molar-refractivity contribution in [3.63, 3.8) is 0 Å². The lowest BCUT2D eigenvalue weighted by molar-refractivity contribution is -0.176. The summed E-state index contributed by atoms with van der Waals surface area (Å²) in [5, 5.41) is 12.0. The van der Waals surface area contributed by atoms with Crippen LogP contribution in [-0.2, 0) is 0 Å². The van der Waals surface area contributed by atoms with E-state index in [1.807, 2.05) is 0 Å². The van der Waals surface area contributed by atoms with Crippen LogP contribution >= 0.6 is 0 Å². The van der Waals surface area contributed by atoms with Crippen molar-refractivity contribution in [1.29, 1.82) is 0 Å². The Labute approximate surface area is 66.9 Å². The molecule has 0 bridgehead atoms. The van der Waals surface area contributed by atoms with Gasteiger partial charge in [-0.25, -0.2) is 0 Å². The Hall–Kier alpha value is -0.640. The second-order valence-corrected chi connectivity index (χ2v) is 2.11. The van der Waals surface area contributed by atoms with Crippen molar-refractivity contribution in [3.05, 3.63) is 23.8 Å². The Kier molecular flexibility index (Phi) is 11.1. The molecule has 0 aliphatic heterocycles. The second kappa shape index (κ2) is 9.36. The summed E-state index contributed by atoms with van der Waals surface area (Å²) >= 11 is 0. The number of hydrogen-bond donors (Lipinski definition) is 2. The van der Waals surface area contributed by atoms with Gasteiger partial charge in [-0.3, -0.25) is 10.5 Å². The zero-order valence-corrected chi connectivity index (χ0v) is 6.75. The molecular formula is C8H16O3. The van der Waals surface area contributed by atoms with Gasteiger partial charge in [0.1, 0.15) is 0 Å². The third kappa shape index (κ3) is 5.79. The zero-order valence-electron chi connectivity index (χ0n) is 6.75. The Morgan fingerprint density at radius 3 is 2.27 bits per heavy atom. The summed E-state index contributed by atoms with van der Waals surface area (Å²) in [5.41, 5.74) is 1.50. The van der Waals surface area contributed by atoms with E-state index in [0.29, 0.717) is 0 Å². The van der Waals surface area contributed by atoms with E-state index in [4.69, 9.17) is 10.5 Å². The summed E-state index contributed by atoms with van der Waals surface area (Å²) in [6.07, 6.45) is 10.5. The van der Waals surface area contributed by atoms with Crippen molar-refractivity contribution < 1.29 is 16.0 Å². The van der Waals surface area contributed by atoms with Crippen molar-refractivity contribution >= 4 is 0 Å². The molecule has 0 spiro atoms. The van der Waals surface area contributed by atoms with E-state index in [2.05, 4.69) is 25.2 Å². The minimum absolute atomic E-state index is 0. The van der Waals surface area contributed by atoms with E-state index in [1.54, 1.807) is 0 Å². The summed E-state index contributed by atoms with van der Waals surface area (Å²) in [5.74, 6) is 0. The Morgan fingerprint density at radius 1 is 1.36 bits per heavy atom. The Balaban J connectivity index is 0. The second-order valence-electron chi connectivity index (χ2n) is 2.11. The minimum atomic E-state index is 0. The third-order valence-corrected chi connectivity index (χ3v) is 1.48. The van der Waals surface area contributed by atoms with Gasteiger partial charge in [-0.05, 0) is 19.3 Å². The Morgan fingerprint density at radius 2 is 2.00 bits per heavy atom. The fourth-order valence-electron chi connectivity index (χ4n) is 0.930. The summed E-state index contributed by atoms with van der Waals surface area (Å²) in [4.78, 5) is 0. The molecule has 11 heavy (non-hydrogen) atoms. The molecule has 0 heterocycles. The maximum absolute atomic E-state index is 6.00. The molecule has 3 nitrogen and oxygen atoms in total. The molecule has 0 aromatic heterocycles. The summed E-state index contributed by atoms with van der Waals surface area (Å²) in [6, 6.07) is 0. The highest BCUT2D eigenvalue weighted by atomic mass is 17.0. The summed E-state index contributed by atoms with van der Waals surface area (Å²) in [6.45, 7) is 2.20. The topological polar surface area (TPSA) is 72.0 Å². The summed E-state index contributed by atoms with van der Waals surface area (Å²) < 4.78 is 0. The maximum Gasteiger partial charge on any atom is -0.0310 e. The fraction of sp³-hybridized carbons (Fsp3) is 0.500. The first-order valence-corrected chi connectivity index (χ1v) is 3.49. The van der Waals surface area contributed by atoms with Crippen molar-refractivity contribution in [3.8, 4) is 0 Å². The molecule has 4 N–H and O–H groups in total. The third-order valence-electron chi connectivity index (χ3n) is 1.48. The zero-order chi connectivity index (χ0) is 7.82. The molecule has 0 fully saturated rings. The highest BCUT2D eigenvalue weighted by Crippen LogP contribution is 2.11. The van der Waals surface area contributed by atoms with Gasteiger partial charge >= 0.3 is 0 Å². The predicted octanol–water partition coefficient (Wildman–Crippen LogP) is 1.87. The van der Waals surface area contributed by atoms with E-state index in [1.165, 1.54) is 24.8 Å². The molecule has 0 atom stereocenters. The number of hydrogen-bond acceptors (Lipinski definition) is 2. The molecule has 3 heteroatoms. The minimum Gasteiger partial charge on any atom is -0.412 e. The van der Waals surface area contributed by atoms with Crippen LogP contribution in [0.4, 0.5) is 0 Å². The van der Waals surface area contributed by atoms with E-state index < -0.39 is 0 Å². The molecule has 0 radical (unpaired) electrons. The average Bonchev–Trinajstić information content (AvgIpc) is 2.10. The molecule has 0 unspecified atom stereocenters. The van der Waals surface area contributed by atoms with Crippen molar-refractivity contribution in [2.45, 2.75) is 26.2 Å². The maximum atomic E-state index is 6.00. The van der Waals surface area contributed by atoms with Crippen LogP contribution in [0.2, 0.25) is 0 Å². The molecule has 1 aliphatic rings. The van der Waals surface area contributed by atoms with Gasteiger partial charge in [0.25, 0.3) is 0 Å². The van der Waals surface area contributed by atoms with Crippen LogP contribution in [0.3, 0.4) is 0 Å². The quantitative estimate of drug-likeness (QED) is 0.454. The van der Waals surface area contributed by atoms with Crippen molar-refractivity contribution in [2.75, 3.05) is 0 Å². The highest BCUT2D eigenvalue weighted by molar-refractivity contribution is 5.21. The van der Waals surface area contributed by atoms with Crippen LogP contribution in [0.1, 0.15) is 26.2 Å². The van der Waals surface area contributed by atoms with Crippen LogP contribution < -0.4 is 0 Å². The summed E-state index contributed by atoms with van der Waals surface area (Å²) in [7, 11) is 0. The lowest BCUT2D eigenvalue weighted by Crippen LogP contribution is -1.80. The van der Waals surface area contributed by atoms with Gasteiger partial charge in [0, 0.05) is 0 Å². The SMILES string of the molecule is CCC1=CCCC=C1.O.OO. The molecular weight excluding hydrogens is 144 g/mol. The fourth-order valence-corrected chi connectivity index (χ4v) is 0.930. The molecule has 0 amide bonds. The standard InChI is InChI=1S/C8H12.H2O2.H2O/c1-2-8-6-4-3-5-7-8;1-2;/h4,6-7H,2-3,5H2,1H3;1-2H;1H2. The van der Waals surface area contributed by atoms with Gasteiger partial charge in [0.15, 0.2) is 0 Å². The molecule has 0 aromatic carbocycles. The molecule has 1 aliphatic carbocycles.